The first-order chi connectivity index (χ1) is 10.6. The van der Waals surface area contributed by atoms with Crippen molar-refractivity contribution in [2.24, 2.45) is 0 Å². The molecule has 0 saturated heterocycles. The average Bonchev–Trinajstić information content (AvgIpc) is 2.59. The van der Waals surface area contributed by atoms with E-state index < -0.39 is 0 Å². The summed E-state index contributed by atoms with van der Waals surface area (Å²) in [7, 11) is 4.30. The first-order valence-corrected chi connectivity index (χ1v) is 8.60. The molecule has 1 N–H and O–H groups in total. The van der Waals surface area contributed by atoms with Crippen LogP contribution in [0.4, 0.5) is 11.8 Å². The third-order valence-electron chi connectivity index (χ3n) is 5.15. The van der Waals surface area contributed by atoms with Crippen LogP contribution in [0.25, 0.3) is 0 Å². The van der Waals surface area contributed by atoms with E-state index in [0.717, 1.165) is 31.4 Å². The summed E-state index contributed by atoms with van der Waals surface area (Å²) >= 11 is 0. The number of rotatable bonds is 7. The van der Waals surface area contributed by atoms with Crippen molar-refractivity contribution < 1.29 is 0 Å². The molecule has 0 aliphatic heterocycles. The van der Waals surface area contributed by atoms with Gasteiger partial charge in [0.15, 0.2) is 0 Å². The average molecular weight is 305 g/mol. The van der Waals surface area contributed by atoms with E-state index in [1.54, 1.807) is 0 Å². The van der Waals surface area contributed by atoms with Crippen LogP contribution in [0.1, 0.15) is 46.0 Å². The fourth-order valence-corrected chi connectivity index (χ4v) is 3.29. The molecule has 0 atom stereocenters. The quantitative estimate of drug-likeness (QED) is 0.839. The summed E-state index contributed by atoms with van der Waals surface area (Å²) in [5.74, 6) is 1.72. The molecule has 124 valence electrons. The molecule has 1 aliphatic rings. The van der Waals surface area contributed by atoms with E-state index in [9.17, 15) is 0 Å². The lowest BCUT2D eigenvalue weighted by Gasteiger charge is -2.44. The second-order valence-electron chi connectivity index (χ2n) is 6.41. The van der Waals surface area contributed by atoms with Gasteiger partial charge in [-0.3, -0.25) is 4.90 Å². The minimum absolute atomic E-state index is 0.253. The predicted octanol–water partition coefficient (Wildman–Crippen LogP) is 3.00. The Bertz CT molecular complexity index is 456. The summed E-state index contributed by atoms with van der Waals surface area (Å²) in [6.07, 6.45) is 8.38. The van der Waals surface area contributed by atoms with Crippen LogP contribution in [-0.2, 0) is 0 Å². The molecule has 0 unspecified atom stereocenters. The van der Waals surface area contributed by atoms with Gasteiger partial charge in [-0.2, -0.15) is 4.98 Å². The first-order valence-electron chi connectivity index (χ1n) is 8.60. The highest BCUT2D eigenvalue weighted by atomic mass is 15.2. The van der Waals surface area contributed by atoms with Crippen molar-refractivity contribution in [1.29, 1.82) is 0 Å². The molecule has 1 saturated carbocycles. The molecule has 0 radical (unpaired) electrons. The van der Waals surface area contributed by atoms with Crippen molar-refractivity contribution >= 4 is 11.8 Å². The Morgan fingerprint density at radius 1 is 1.14 bits per heavy atom. The van der Waals surface area contributed by atoms with Gasteiger partial charge in [-0.25, -0.2) is 4.98 Å². The highest BCUT2D eigenvalue weighted by Gasteiger charge is 2.35. The Labute approximate surface area is 135 Å². The van der Waals surface area contributed by atoms with E-state index in [1.165, 1.54) is 32.1 Å². The van der Waals surface area contributed by atoms with Crippen LogP contribution in [0, 0.1) is 0 Å². The highest BCUT2D eigenvalue weighted by Crippen LogP contribution is 2.33. The summed E-state index contributed by atoms with van der Waals surface area (Å²) in [6.45, 7) is 7.32. The number of nitrogens with zero attached hydrogens (tertiary/aromatic N) is 4. The van der Waals surface area contributed by atoms with Gasteiger partial charge >= 0.3 is 0 Å². The van der Waals surface area contributed by atoms with Crippen LogP contribution in [0.3, 0.4) is 0 Å². The zero-order valence-electron chi connectivity index (χ0n) is 14.6. The summed E-state index contributed by atoms with van der Waals surface area (Å²) in [4.78, 5) is 13.6. The Morgan fingerprint density at radius 3 is 2.50 bits per heavy atom. The lowest BCUT2D eigenvalue weighted by Crippen LogP contribution is -2.52. The van der Waals surface area contributed by atoms with Crippen molar-refractivity contribution in [3.05, 3.63) is 12.3 Å². The maximum atomic E-state index is 4.63. The molecule has 0 spiro atoms. The molecule has 1 aromatic rings. The molecule has 1 fully saturated rings. The summed E-state index contributed by atoms with van der Waals surface area (Å²) < 4.78 is 0. The molecule has 1 heterocycles. The zero-order valence-corrected chi connectivity index (χ0v) is 14.6. The minimum Gasteiger partial charge on any atom is -0.360 e. The fraction of sp³-hybridized carbons (Fsp3) is 0.765. The zero-order chi connectivity index (χ0) is 16.0. The largest absolute Gasteiger partial charge is 0.360 e. The Balaban J connectivity index is 2.06. The number of hydrogen-bond donors (Lipinski definition) is 1. The second kappa shape index (κ2) is 7.77. The lowest BCUT2D eigenvalue weighted by atomic mass is 9.80. The summed E-state index contributed by atoms with van der Waals surface area (Å²) in [5.41, 5.74) is 0.253. The van der Waals surface area contributed by atoms with Crippen LogP contribution < -0.4 is 10.2 Å². The van der Waals surface area contributed by atoms with Gasteiger partial charge < -0.3 is 10.2 Å². The van der Waals surface area contributed by atoms with Crippen molar-refractivity contribution in [3.63, 3.8) is 0 Å². The van der Waals surface area contributed by atoms with Crippen molar-refractivity contribution in [1.82, 2.24) is 14.9 Å². The van der Waals surface area contributed by atoms with E-state index in [-0.39, 0.29) is 5.54 Å². The Hall–Kier alpha value is -1.36. The Morgan fingerprint density at radius 2 is 1.86 bits per heavy atom. The molecule has 0 bridgehead atoms. The van der Waals surface area contributed by atoms with E-state index in [0.29, 0.717) is 0 Å². The van der Waals surface area contributed by atoms with E-state index in [4.69, 9.17) is 0 Å². The van der Waals surface area contributed by atoms with Gasteiger partial charge in [0.25, 0.3) is 0 Å². The molecule has 1 aromatic heterocycles. The fourth-order valence-electron chi connectivity index (χ4n) is 3.29. The van der Waals surface area contributed by atoms with E-state index >= 15 is 0 Å². The number of hydrogen-bond acceptors (Lipinski definition) is 5. The molecule has 0 aromatic carbocycles. The van der Waals surface area contributed by atoms with Crippen LogP contribution >= 0.6 is 0 Å². The first kappa shape index (κ1) is 17.0. The van der Waals surface area contributed by atoms with Crippen LogP contribution in [0.2, 0.25) is 0 Å². The molecular formula is C17H31N5. The van der Waals surface area contributed by atoms with Gasteiger partial charge in [0, 0.05) is 31.9 Å². The smallest absolute Gasteiger partial charge is 0.224 e. The lowest BCUT2D eigenvalue weighted by molar-refractivity contribution is 0.0921. The molecule has 5 heteroatoms. The molecular weight excluding hydrogens is 274 g/mol. The molecule has 5 nitrogen and oxygen atoms in total. The summed E-state index contributed by atoms with van der Waals surface area (Å²) in [5, 5.41) is 3.50. The molecule has 0 amide bonds. The van der Waals surface area contributed by atoms with E-state index in [2.05, 4.69) is 53.0 Å². The highest BCUT2D eigenvalue weighted by molar-refractivity contribution is 5.41. The van der Waals surface area contributed by atoms with E-state index in [1.807, 2.05) is 12.3 Å². The molecule has 22 heavy (non-hydrogen) atoms. The standard InChI is InChI=1S/C17H31N5/c1-5-21(3)15-10-13-18-16(20-15)19-14-17(22(4)6-2)11-8-7-9-12-17/h10,13H,5-9,11-12,14H2,1-4H3,(H,18,19,20). The van der Waals surface area contributed by atoms with Gasteiger partial charge in [-0.15, -0.1) is 0 Å². The van der Waals surface area contributed by atoms with Crippen LogP contribution in [0.15, 0.2) is 12.3 Å². The van der Waals surface area contributed by atoms with Crippen molar-refractivity contribution in [2.75, 3.05) is 43.9 Å². The van der Waals surface area contributed by atoms with Crippen LogP contribution in [-0.4, -0.2) is 54.1 Å². The number of aromatic nitrogens is 2. The monoisotopic (exact) mass is 305 g/mol. The SMILES string of the molecule is CCN(C)c1ccnc(NCC2(N(C)CC)CCCCC2)n1. The third-order valence-corrected chi connectivity index (χ3v) is 5.15. The van der Waals surface area contributed by atoms with Gasteiger partial charge in [0.05, 0.1) is 0 Å². The third kappa shape index (κ3) is 3.88. The molecule has 2 rings (SSSR count). The number of likely N-dealkylation sites (N-methyl/N-ethyl adjacent to an activating group) is 1. The van der Waals surface area contributed by atoms with Crippen molar-refractivity contribution in [3.8, 4) is 0 Å². The van der Waals surface area contributed by atoms with Crippen LogP contribution in [0.5, 0.6) is 0 Å². The number of nitrogens with one attached hydrogen (secondary N) is 1. The van der Waals surface area contributed by atoms with Crippen molar-refractivity contribution in [2.45, 2.75) is 51.5 Å². The minimum atomic E-state index is 0.253. The predicted molar refractivity (Wildman–Crippen MR) is 93.6 cm³/mol. The normalized spacial score (nSPS) is 17.5. The van der Waals surface area contributed by atoms with Gasteiger partial charge in [0.1, 0.15) is 5.82 Å². The maximum Gasteiger partial charge on any atom is 0.224 e. The maximum absolute atomic E-state index is 4.63. The topological polar surface area (TPSA) is 44.3 Å². The number of anilines is 2. The van der Waals surface area contributed by atoms with Gasteiger partial charge in [-0.05, 0) is 39.4 Å². The summed E-state index contributed by atoms with van der Waals surface area (Å²) in [6, 6.07) is 1.96. The van der Waals surface area contributed by atoms with Gasteiger partial charge in [-0.1, -0.05) is 26.2 Å². The molecule has 1 aliphatic carbocycles. The Kier molecular flexibility index (Phi) is 6.00. The van der Waals surface area contributed by atoms with Gasteiger partial charge in [0.2, 0.25) is 5.95 Å². The second-order valence-corrected chi connectivity index (χ2v) is 6.41.